The van der Waals surface area contributed by atoms with Gasteiger partial charge in [0.15, 0.2) is 12.4 Å². The molecule has 6 heteroatoms. The van der Waals surface area contributed by atoms with Gasteiger partial charge in [-0.3, -0.25) is 14.4 Å². The van der Waals surface area contributed by atoms with E-state index in [2.05, 4.69) is 12.2 Å². The first kappa shape index (κ1) is 20.3. The molecule has 0 aromatic heterocycles. The second-order valence-corrected chi connectivity index (χ2v) is 6.08. The average molecular weight is 371 g/mol. The van der Waals surface area contributed by atoms with Crippen molar-refractivity contribution in [3.05, 3.63) is 71.0 Å². The van der Waals surface area contributed by atoms with Gasteiger partial charge in [0.1, 0.15) is 12.4 Å². The minimum absolute atomic E-state index is 0.0991. The van der Waals surface area contributed by atoms with Gasteiger partial charge in [0, 0.05) is 11.1 Å². The van der Waals surface area contributed by atoms with E-state index in [0.29, 0.717) is 5.56 Å². The lowest BCUT2D eigenvalue weighted by Gasteiger charge is -2.07. The number of ketones is 1. The summed E-state index contributed by atoms with van der Waals surface area (Å²) in [6.07, 6.45) is 3.16. The monoisotopic (exact) mass is 371 g/mol. The maximum absolute atomic E-state index is 13.1. The van der Waals surface area contributed by atoms with E-state index in [4.69, 9.17) is 4.74 Å². The van der Waals surface area contributed by atoms with Gasteiger partial charge in [0.2, 0.25) is 0 Å². The van der Waals surface area contributed by atoms with Crippen molar-refractivity contribution in [1.82, 2.24) is 5.32 Å². The van der Waals surface area contributed by atoms with Gasteiger partial charge in [0.05, 0.1) is 0 Å². The van der Waals surface area contributed by atoms with Crippen molar-refractivity contribution >= 4 is 17.7 Å². The molecule has 0 aliphatic heterocycles. The van der Waals surface area contributed by atoms with E-state index in [1.165, 1.54) is 18.2 Å². The van der Waals surface area contributed by atoms with E-state index in [9.17, 15) is 18.8 Å². The summed E-state index contributed by atoms with van der Waals surface area (Å²) in [6, 6.07) is 12.3. The summed E-state index contributed by atoms with van der Waals surface area (Å²) in [5.74, 6) is -2.20. The number of aryl methyl sites for hydroxylation is 1. The number of carbonyl (C=O) groups is 3. The Morgan fingerprint density at radius 1 is 1.04 bits per heavy atom. The molecular weight excluding hydrogens is 349 g/mol. The lowest BCUT2D eigenvalue weighted by Crippen LogP contribution is -2.31. The number of unbranched alkanes of at least 4 members (excludes halogenated alkanes) is 1. The molecule has 2 aromatic carbocycles. The van der Waals surface area contributed by atoms with Crippen molar-refractivity contribution in [3.63, 3.8) is 0 Å². The van der Waals surface area contributed by atoms with E-state index < -0.39 is 30.8 Å². The van der Waals surface area contributed by atoms with Crippen LogP contribution in [-0.4, -0.2) is 30.8 Å². The van der Waals surface area contributed by atoms with Crippen molar-refractivity contribution in [1.29, 1.82) is 0 Å². The smallest absolute Gasteiger partial charge is 0.325 e. The van der Waals surface area contributed by atoms with Crippen LogP contribution in [0.25, 0.3) is 0 Å². The van der Waals surface area contributed by atoms with E-state index in [-0.39, 0.29) is 11.3 Å². The van der Waals surface area contributed by atoms with Crippen LogP contribution >= 0.6 is 0 Å². The van der Waals surface area contributed by atoms with Crippen molar-refractivity contribution in [2.45, 2.75) is 26.2 Å². The zero-order chi connectivity index (χ0) is 19.6. The van der Waals surface area contributed by atoms with Crippen LogP contribution in [0, 0.1) is 5.82 Å². The Hall–Kier alpha value is -3.02. The largest absolute Gasteiger partial charge is 0.456 e. The molecule has 0 unspecified atom stereocenters. The number of halogens is 1. The van der Waals surface area contributed by atoms with Crippen LogP contribution in [0.1, 0.15) is 46.0 Å². The number of carbonyl (C=O) groups excluding carboxylic acids is 3. The molecule has 2 aromatic rings. The minimum Gasteiger partial charge on any atom is -0.456 e. The number of hydrogen-bond donors (Lipinski definition) is 1. The van der Waals surface area contributed by atoms with E-state index in [1.807, 2.05) is 12.1 Å². The molecule has 0 spiro atoms. The summed E-state index contributed by atoms with van der Waals surface area (Å²) >= 11 is 0. The normalized spacial score (nSPS) is 10.3. The van der Waals surface area contributed by atoms with Crippen LogP contribution in [0.3, 0.4) is 0 Å². The summed E-state index contributed by atoms with van der Waals surface area (Å²) in [5.41, 5.74) is 1.72. The van der Waals surface area contributed by atoms with Crippen molar-refractivity contribution in [2.24, 2.45) is 0 Å². The van der Waals surface area contributed by atoms with Crippen LogP contribution < -0.4 is 5.32 Å². The molecule has 0 heterocycles. The van der Waals surface area contributed by atoms with Crippen molar-refractivity contribution < 1.29 is 23.5 Å². The Balaban J connectivity index is 1.76. The Morgan fingerprint density at radius 2 is 1.78 bits per heavy atom. The number of Topliss-reactive ketones (excluding diaryl/α,β-unsaturated/α-hetero) is 1. The summed E-state index contributed by atoms with van der Waals surface area (Å²) in [6.45, 7) is 1.31. The lowest BCUT2D eigenvalue weighted by molar-refractivity contribution is -0.141. The number of rotatable bonds is 9. The first-order chi connectivity index (χ1) is 13.0. The number of ether oxygens (including phenoxy) is 1. The summed E-state index contributed by atoms with van der Waals surface area (Å²) in [4.78, 5) is 35.6. The predicted octanol–water partition coefficient (Wildman–Crippen LogP) is 3.32. The molecule has 0 atom stereocenters. The summed E-state index contributed by atoms with van der Waals surface area (Å²) < 4.78 is 18.0. The average Bonchev–Trinajstić information content (AvgIpc) is 2.69. The van der Waals surface area contributed by atoms with Crippen LogP contribution in [-0.2, 0) is 16.0 Å². The van der Waals surface area contributed by atoms with Gasteiger partial charge in [0.25, 0.3) is 5.91 Å². The maximum Gasteiger partial charge on any atom is 0.325 e. The van der Waals surface area contributed by atoms with Crippen LogP contribution in [0.4, 0.5) is 4.39 Å². The molecule has 0 aliphatic carbocycles. The third-order valence-corrected chi connectivity index (χ3v) is 3.94. The third kappa shape index (κ3) is 6.66. The second kappa shape index (κ2) is 10.2. The summed E-state index contributed by atoms with van der Waals surface area (Å²) in [7, 11) is 0. The fraction of sp³-hybridized carbons (Fsp3) is 0.286. The van der Waals surface area contributed by atoms with Gasteiger partial charge in [-0.2, -0.15) is 0 Å². The predicted molar refractivity (Wildman–Crippen MR) is 99.1 cm³/mol. The highest BCUT2D eigenvalue weighted by Gasteiger charge is 2.12. The molecule has 1 N–H and O–H groups in total. The molecule has 0 bridgehead atoms. The summed E-state index contributed by atoms with van der Waals surface area (Å²) in [5, 5.41) is 2.33. The standard InChI is InChI=1S/C21H22FNO4/c1-2-3-5-15-8-10-16(11-9-15)19(24)14-27-20(25)13-23-21(26)17-6-4-7-18(22)12-17/h4,6-12H,2-3,5,13-14H2,1H3,(H,23,26). The number of benzene rings is 2. The van der Waals surface area contributed by atoms with Gasteiger partial charge in [-0.05, 0) is 36.6 Å². The fourth-order valence-electron chi connectivity index (χ4n) is 2.40. The van der Waals surface area contributed by atoms with E-state index in [1.54, 1.807) is 12.1 Å². The Kier molecular flexibility index (Phi) is 7.67. The van der Waals surface area contributed by atoms with Gasteiger partial charge in [-0.15, -0.1) is 0 Å². The molecule has 0 fully saturated rings. The van der Waals surface area contributed by atoms with Gasteiger partial charge in [-0.25, -0.2) is 4.39 Å². The maximum atomic E-state index is 13.1. The van der Waals surface area contributed by atoms with Crippen LogP contribution in [0.2, 0.25) is 0 Å². The van der Waals surface area contributed by atoms with E-state index in [0.717, 1.165) is 30.9 Å². The van der Waals surface area contributed by atoms with Crippen LogP contribution in [0.5, 0.6) is 0 Å². The van der Waals surface area contributed by atoms with E-state index >= 15 is 0 Å². The molecule has 1 amide bonds. The zero-order valence-electron chi connectivity index (χ0n) is 15.2. The molecular formula is C21H22FNO4. The molecule has 27 heavy (non-hydrogen) atoms. The van der Waals surface area contributed by atoms with Crippen LogP contribution in [0.15, 0.2) is 48.5 Å². The van der Waals surface area contributed by atoms with Gasteiger partial charge < -0.3 is 10.1 Å². The minimum atomic E-state index is -0.743. The molecule has 0 aliphatic rings. The van der Waals surface area contributed by atoms with Crippen molar-refractivity contribution in [2.75, 3.05) is 13.2 Å². The Morgan fingerprint density at radius 3 is 2.44 bits per heavy atom. The molecule has 5 nitrogen and oxygen atoms in total. The fourth-order valence-corrected chi connectivity index (χ4v) is 2.40. The van der Waals surface area contributed by atoms with Gasteiger partial charge in [-0.1, -0.05) is 43.7 Å². The quantitative estimate of drug-likeness (QED) is 0.542. The number of esters is 1. The third-order valence-electron chi connectivity index (χ3n) is 3.94. The first-order valence-electron chi connectivity index (χ1n) is 8.81. The highest BCUT2D eigenvalue weighted by atomic mass is 19.1. The molecule has 0 saturated carbocycles. The molecule has 0 saturated heterocycles. The lowest BCUT2D eigenvalue weighted by atomic mass is 10.0. The highest BCUT2D eigenvalue weighted by Crippen LogP contribution is 2.09. The number of nitrogens with one attached hydrogen (secondary N) is 1. The SMILES string of the molecule is CCCCc1ccc(C(=O)COC(=O)CNC(=O)c2cccc(F)c2)cc1. The number of hydrogen-bond acceptors (Lipinski definition) is 4. The second-order valence-electron chi connectivity index (χ2n) is 6.08. The zero-order valence-corrected chi connectivity index (χ0v) is 15.2. The van der Waals surface area contributed by atoms with Crippen molar-refractivity contribution in [3.8, 4) is 0 Å². The van der Waals surface area contributed by atoms with Gasteiger partial charge >= 0.3 is 5.97 Å². The topological polar surface area (TPSA) is 72.5 Å². The Bertz CT molecular complexity index is 802. The highest BCUT2D eigenvalue weighted by molar-refractivity contribution is 5.98. The molecule has 0 radical (unpaired) electrons. The molecule has 142 valence electrons. The molecule has 2 rings (SSSR count). The Labute approximate surface area is 157 Å². The first-order valence-corrected chi connectivity index (χ1v) is 8.81. The number of amides is 1.